The summed E-state index contributed by atoms with van der Waals surface area (Å²) in [6.07, 6.45) is 1.56. The maximum Gasteiger partial charge on any atom is 0.223 e. The van der Waals surface area contributed by atoms with Crippen LogP contribution in [-0.2, 0) is 11.2 Å². The molecule has 0 unspecified atom stereocenters. The first-order valence-corrected chi connectivity index (χ1v) is 5.30. The van der Waals surface area contributed by atoms with Crippen LogP contribution in [0.15, 0.2) is 12.1 Å². The largest absolute Gasteiger partial charge is 0.504 e. The van der Waals surface area contributed by atoms with Gasteiger partial charge in [0.05, 0.1) is 10.4 Å². The molecular formula is C11H11ClFNO2. The van der Waals surface area contributed by atoms with Crippen LogP contribution < -0.4 is 5.73 Å². The Kier molecular flexibility index (Phi) is 2.54. The van der Waals surface area contributed by atoms with Crippen molar-refractivity contribution in [2.75, 3.05) is 0 Å². The zero-order valence-corrected chi connectivity index (χ0v) is 9.22. The van der Waals surface area contributed by atoms with Gasteiger partial charge in [-0.2, -0.15) is 0 Å². The van der Waals surface area contributed by atoms with Crippen molar-refractivity contribution in [2.45, 2.75) is 19.3 Å². The lowest BCUT2D eigenvalue weighted by atomic mass is 9.95. The molecule has 3 nitrogen and oxygen atoms in total. The van der Waals surface area contributed by atoms with Crippen molar-refractivity contribution in [1.29, 1.82) is 0 Å². The number of carbonyl (C=O) groups excluding carboxylic acids is 1. The third kappa shape index (κ3) is 1.73. The molecule has 0 spiro atoms. The lowest BCUT2D eigenvalue weighted by molar-refractivity contribution is -0.123. The van der Waals surface area contributed by atoms with E-state index in [2.05, 4.69) is 0 Å². The Balaban J connectivity index is 2.30. The summed E-state index contributed by atoms with van der Waals surface area (Å²) >= 11 is 5.55. The fraction of sp³-hybridized carbons (Fsp3) is 0.364. The van der Waals surface area contributed by atoms with E-state index in [1.54, 1.807) is 0 Å². The predicted molar refractivity (Wildman–Crippen MR) is 57.6 cm³/mol. The standard InChI is InChI=1S/C11H11ClFNO2/c12-7-2-1-6(8(13)9(7)15)5-11(3-4-11)10(14)16/h1-2,15H,3-5H2,(H2,14,16). The summed E-state index contributed by atoms with van der Waals surface area (Å²) in [5.41, 5.74) is 4.90. The van der Waals surface area contributed by atoms with Crippen molar-refractivity contribution in [3.05, 3.63) is 28.5 Å². The zero-order chi connectivity index (χ0) is 11.9. The summed E-state index contributed by atoms with van der Waals surface area (Å²) in [5, 5.41) is 9.28. The SMILES string of the molecule is NC(=O)C1(Cc2ccc(Cl)c(O)c2F)CC1. The molecule has 1 aliphatic rings. The number of rotatable bonds is 3. The topological polar surface area (TPSA) is 63.3 Å². The summed E-state index contributed by atoms with van der Waals surface area (Å²) < 4.78 is 13.6. The number of aromatic hydroxyl groups is 1. The Labute approximate surface area is 97.0 Å². The lowest BCUT2D eigenvalue weighted by Gasteiger charge is -2.12. The highest BCUT2D eigenvalue weighted by molar-refractivity contribution is 6.32. The Morgan fingerprint density at radius 3 is 2.69 bits per heavy atom. The van der Waals surface area contributed by atoms with Gasteiger partial charge in [0.2, 0.25) is 5.91 Å². The van der Waals surface area contributed by atoms with Gasteiger partial charge in [0.25, 0.3) is 0 Å². The summed E-state index contributed by atoms with van der Waals surface area (Å²) in [5.74, 6) is -1.75. The molecular weight excluding hydrogens is 233 g/mol. The number of nitrogens with two attached hydrogens (primary N) is 1. The third-order valence-electron chi connectivity index (χ3n) is 3.05. The molecule has 5 heteroatoms. The number of phenolic OH excluding ortho intramolecular Hbond substituents is 1. The van der Waals surface area contributed by atoms with Gasteiger partial charge < -0.3 is 10.8 Å². The molecule has 1 aromatic carbocycles. The van der Waals surface area contributed by atoms with Crippen LogP contribution in [0.5, 0.6) is 5.75 Å². The Morgan fingerprint density at radius 1 is 1.56 bits per heavy atom. The van der Waals surface area contributed by atoms with Gasteiger partial charge in [0, 0.05) is 0 Å². The van der Waals surface area contributed by atoms with Crippen LogP contribution in [0.3, 0.4) is 0 Å². The van der Waals surface area contributed by atoms with Crippen LogP contribution in [0.4, 0.5) is 4.39 Å². The van der Waals surface area contributed by atoms with Gasteiger partial charge in [-0.05, 0) is 30.9 Å². The van der Waals surface area contributed by atoms with Gasteiger partial charge >= 0.3 is 0 Å². The molecule has 0 heterocycles. The van der Waals surface area contributed by atoms with Crippen molar-refractivity contribution >= 4 is 17.5 Å². The normalized spacial score (nSPS) is 17.1. The maximum atomic E-state index is 13.6. The van der Waals surface area contributed by atoms with Crippen LogP contribution in [0.25, 0.3) is 0 Å². The molecule has 1 saturated carbocycles. The first-order valence-electron chi connectivity index (χ1n) is 4.92. The number of halogens is 2. The van der Waals surface area contributed by atoms with Crippen LogP contribution >= 0.6 is 11.6 Å². The molecule has 0 aliphatic heterocycles. The van der Waals surface area contributed by atoms with Crippen LogP contribution in [0.2, 0.25) is 5.02 Å². The predicted octanol–water partition coefficient (Wildman–Crippen LogP) is 1.99. The van der Waals surface area contributed by atoms with Gasteiger partial charge in [-0.3, -0.25) is 4.79 Å². The fourth-order valence-corrected chi connectivity index (χ4v) is 1.89. The van der Waals surface area contributed by atoms with E-state index in [4.69, 9.17) is 17.3 Å². The molecule has 1 amide bonds. The number of phenols is 1. The average Bonchev–Trinajstić information content (AvgIpc) is 3.00. The second kappa shape index (κ2) is 3.63. The summed E-state index contributed by atoms with van der Waals surface area (Å²) in [7, 11) is 0. The van der Waals surface area contributed by atoms with Crippen LogP contribution in [-0.4, -0.2) is 11.0 Å². The number of benzene rings is 1. The summed E-state index contributed by atoms with van der Waals surface area (Å²) in [6, 6.07) is 2.88. The lowest BCUT2D eigenvalue weighted by Crippen LogP contribution is -2.26. The molecule has 86 valence electrons. The molecule has 0 saturated heterocycles. The molecule has 0 radical (unpaired) electrons. The van der Waals surface area contributed by atoms with Crippen LogP contribution in [0, 0.1) is 11.2 Å². The molecule has 0 atom stereocenters. The van der Waals surface area contributed by atoms with Crippen molar-refractivity contribution in [2.24, 2.45) is 11.1 Å². The molecule has 0 bridgehead atoms. The minimum atomic E-state index is -0.764. The number of amides is 1. The average molecular weight is 244 g/mol. The fourth-order valence-electron chi connectivity index (χ4n) is 1.75. The Hall–Kier alpha value is -1.29. The van der Waals surface area contributed by atoms with E-state index in [9.17, 15) is 14.3 Å². The quantitative estimate of drug-likeness (QED) is 0.853. The van der Waals surface area contributed by atoms with Crippen molar-refractivity contribution < 1.29 is 14.3 Å². The Bertz CT molecular complexity index is 458. The van der Waals surface area contributed by atoms with E-state index in [1.807, 2.05) is 0 Å². The summed E-state index contributed by atoms with van der Waals surface area (Å²) in [4.78, 5) is 11.2. The number of carbonyl (C=O) groups is 1. The van der Waals surface area contributed by atoms with Gasteiger partial charge in [-0.25, -0.2) is 4.39 Å². The van der Waals surface area contributed by atoms with Gasteiger partial charge in [-0.1, -0.05) is 17.7 Å². The molecule has 1 aromatic rings. The molecule has 2 rings (SSSR count). The molecule has 16 heavy (non-hydrogen) atoms. The minimum absolute atomic E-state index is 0.0369. The number of hydrogen-bond donors (Lipinski definition) is 2. The smallest absolute Gasteiger partial charge is 0.223 e. The zero-order valence-electron chi connectivity index (χ0n) is 8.46. The van der Waals surface area contributed by atoms with E-state index in [0.29, 0.717) is 12.8 Å². The first-order chi connectivity index (χ1) is 7.46. The first kappa shape index (κ1) is 11.2. The van der Waals surface area contributed by atoms with E-state index in [-0.39, 0.29) is 17.0 Å². The van der Waals surface area contributed by atoms with E-state index >= 15 is 0 Å². The second-order valence-electron chi connectivity index (χ2n) is 4.19. The molecule has 3 N–H and O–H groups in total. The van der Waals surface area contributed by atoms with Crippen molar-refractivity contribution in [3.8, 4) is 5.75 Å². The number of primary amides is 1. The monoisotopic (exact) mass is 243 g/mol. The highest BCUT2D eigenvalue weighted by atomic mass is 35.5. The van der Waals surface area contributed by atoms with Gasteiger partial charge in [0.1, 0.15) is 0 Å². The van der Waals surface area contributed by atoms with E-state index in [0.717, 1.165) is 0 Å². The van der Waals surface area contributed by atoms with Gasteiger partial charge in [-0.15, -0.1) is 0 Å². The van der Waals surface area contributed by atoms with Crippen LogP contribution in [0.1, 0.15) is 18.4 Å². The van der Waals surface area contributed by atoms with Gasteiger partial charge in [0.15, 0.2) is 11.6 Å². The third-order valence-corrected chi connectivity index (χ3v) is 3.36. The summed E-state index contributed by atoms with van der Waals surface area (Å²) in [6.45, 7) is 0. The second-order valence-corrected chi connectivity index (χ2v) is 4.60. The highest BCUT2D eigenvalue weighted by Gasteiger charge is 2.48. The van der Waals surface area contributed by atoms with E-state index < -0.39 is 22.9 Å². The van der Waals surface area contributed by atoms with E-state index in [1.165, 1.54) is 12.1 Å². The molecule has 0 aromatic heterocycles. The Morgan fingerprint density at radius 2 is 2.19 bits per heavy atom. The van der Waals surface area contributed by atoms with Crippen molar-refractivity contribution in [3.63, 3.8) is 0 Å². The minimum Gasteiger partial charge on any atom is -0.504 e. The molecule has 1 fully saturated rings. The molecule has 1 aliphatic carbocycles. The maximum absolute atomic E-state index is 13.6. The number of hydrogen-bond acceptors (Lipinski definition) is 2. The highest BCUT2D eigenvalue weighted by Crippen LogP contribution is 2.49. The van der Waals surface area contributed by atoms with Crippen molar-refractivity contribution in [1.82, 2.24) is 0 Å².